The van der Waals surface area contributed by atoms with E-state index in [-0.39, 0.29) is 53.9 Å². The van der Waals surface area contributed by atoms with Crippen molar-refractivity contribution in [3.63, 3.8) is 0 Å². The third-order valence-electron chi connectivity index (χ3n) is 6.81. The summed E-state index contributed by atoms with van der Waals surface area (Å²) >= 11 is 0. The van der Waals surface area contributed by atoms with Crippen molar-refractivity contribution < 1.29 is 59.0 Å². The summed E-state index contributed by atoms with van der Waals surface area (Å²) in [5.41, 5.74) is 3.65. The summed E-state index contributed by atoms with van der Waals surface area (Å²) in [6.45, 7) is 3.56. The van der Waals surface area contributed by atoms with Crippen LogP contribution >= 0.6 is 0 Å². The standard InChI is InChI=1S/2C16H14N2O4.Zn/c2*1-10-7-8-12(13(19)9-10)16(15(20)21)18-17-14(22-16)11-5-3-2-4-6-11;/h2*2-9,18-19H,1H3,(H,20,21);/q;;+2/p-2. The molecule has 0 bridgehead atoms. The molecule has 2 atom stereocenters. The van der Waals surface area contributed by atoms with Gasteiger partial charge >= 0.3 is 19.5 Å². The molecule has 0 aliphatic carbocycles. The van der Waals surface area contributed by atoms with Crippen LogP contribution in [0.1, 0.15) is 33.4 Å². The number of aromatic hydroxyl groups is 2. The number of phenolic OH excluding ortho intramolecular Hbond substituents is 2. The van der Waals surface area contributed by atoms with Gasteiger partial charge in [0.15, 0.2) is 0 Å². The van der Waals surface area contributed by atoms with E-state index >= 15 is 0 Å². The van der Waals surface area contributed by atoms with E-state index < -0.39 is 23.4 Å². The average molecular weight is 660 g/mol. The van der Waals surface area contributed by atoms with Crippen LogP contribution in [-0.4, -0.2) is 33.9 Å². The van der Waals surface area contributed by atoms with E-state index in [4.69, 9.17) is 9.47 Å². The van der Waals surface area contributed by atoms with Crippen LogP contribution in [0.3, 0.4) is 0 Å². The molecular weight excluding hydrogens is 634 g/mol. The molecular formula is C32H26N4O8Zn. The number of benzene rings is 4. The summed E-state index contributed by atoms with van der Waals surface area (Å²) in [5.74, 6) is -3.26. The Kier molecular flexibility index (Phi) is 9.44. The van der Waals surface area contributed by atoms with Gasteiger partial charge in [0.25, 0.3) is 11.4 Å². The molecule has 4 aromatic rings. The number of hydrazone groups is 2. The third-order valence-corrected chi connectivity index (χ3v) is 6.81. The van der Waals surface area contributed by atoms with Crippen molar-refractivity contribution in [3.05, 3.63) is 130 Å². The van der Waals surface area contributed by atoms with E-state index in [9.17, 15) is 30.0 Å². The molecule has 45 heavy (non-hydrogen) atoms. The second kappa shape index (κ2) is 13.1. The number of carboxylic acids is 2. The first-order valence-electron chi connectivity index (χ1n) is 13.3. The molecule has 224 valence electrons. The van der Waals surface area contributed by atoms with Crippen molar-refractivity contribution >= 4 is 23.7 Å². The fraction of sp³-hybridized carbons (Fsp3) is 0.125. The minimum absolute atomic E-state index is 0. The molecule has 0 saturated heterocycles. The number of carboxylic acid groups (broad SMARTS) is 2. The molecule has 13 heteroatoms. The molecule has 2 aliphatic heterocycles. The fourth-order valence-corrected chi connectivity index (χ4v) is 4.55. The van der Waals surface area contributed by atoms with E-state index in [1.165, 1.54) is 24.3 Å². The average Bonchev–Trinajstić information content (AvgIpc) is 3.66. The molecule has 0 fully saturated rings. The number of nitrogens with zero attached hydrogens (tertiary/aromatic N) is 2. The molecule has 4 aromatic carbocycles. The number of carbonyl (C=O) groups is 2. The Bertz CT molecular complexity index is 1650. The van der Waals surface area contributed by atoms with Crippen LogP contribution in [0.25, 0.3) is 0 Å². The fourth-order valence-electron chi connectivity index (χ4n) is 4.55. The van der Waals surface area contributed by atoms with Gasteiger partial charge in [0, 0.05) is 11.1 Å². The maximum Gasteiger partial charge on any atom is 2.00 e. The molecule has 4 N–H and O–H groups in total. The van der Waals surface area contributed by atoms with Crippen LogP contribution < -0.4 is 21.1 Å². The monoisotopic (exact) mass is 658 g/mol. The van der Waals surface area contributed by atoms with Gasteiger partial charge in [-0.25, -0.2) is 0 Å². The van der Waals surface area contributed by atoms with Crippen LogP contribution in [0, 0.1) is 13.8 Å². The number of carbonyl (C=O) groups excluding carboxylic acids is 2. The largest absolute Gasteiger partial charge is 2.00 e. The van der Waals surface area contributed by atoms with Gasteiger partial charge in [0.05, 0.1) is 11.1 Å². The van der Waals surface area contributed by atoms with Crippen LogP contribution in [0.2, 0.25) is 0 Å². The quantitative estimate of drug-likeness (QED) is 0.219. The van der Waals surface area contributed by atoms with Crippen molar-refractivity contribution in [3.8, 4) is 11.5 Å². The Morgan fingerprint density at radius 3 is 1.31 bits per heavy atom. The van der Waals surface area contributed by atoms with E-state index in [0.717, 1.165) is 11.1 Å². The zero-order chi connectivity index (χ0) is 31.5. The molecule has 6 rings (SSSR count). The minimum Gasteiger partial charge on any atom is -0.544 e. The first-order valence-corrected chi connectivity index (χ1v) is 13.3. The molecule has 0 saturated carbocycles. The first kappa shape index (κ1) is 32.5. The number of rotatable bonds is 6. The molecule has 2 heterocycles. The second-order valence-electron chi connectivity index (χ2n) is 9.97. The predicted molar refractivity (Wildman–Crippen MR) is 153 cm³/mol. The molecule has 2 unspecified atom stereocenters. The number of aliphatic carboxylic acids is 2. The van der Waals surface area contributed by atoms with Crippen molar-refractivity contribution in [1.29, 1.82) is 0 Å². The third kappa shape index (κ3) is 6.29. The maximum atomic E-state index is 11.7. The first-order chi connectivity index (χ1) is 21.1. The van der Waals surface area contributed by atoms with Crippen LogP contribution in [0.4, 0.5) is 0 Å². The van der Waals surface area contributed by atoms with Crippen molar-refractivity contribution in [1.82, 2.24) is 10.9 Å². The topological polar surface area (TPSA) is 188 Å². The number of phenols is 2. The van der Waals surface area contributed by atoms with Gasteiger partial charge in [-0.1, -0.05) is 48.5 Å². The molecule has 0 amide bonds. The molecule has 12 nitrogen and oxygen atoms in total. The van der Waals surface area contributed by atoms with Crippen molar-refractivity contribution in [2.24, 2.45) is 10.2 Å². The summed E-state index contributed by atoms with van der Waals surface area (Å²) in [5, 5.41) is 51.3. The summed E-state index contributed by atoms with van der Waals surface area (Å²) in [6.07, 6.45) is 0. The number of nitrogens with one attached hydrogen (secondary N) is 2. The molecule has 0 spiro atoms. The van der Waals surface area contributed by atoms with Gasteiger partial charge in [0.2, 0.25) is 11.8 Å². The molecule has 0 aromatic heterocycles. The SMILES string of the molecule is Cc1ccc(C2(C(=O)[O-])NN=C(c3ccccc3)O2)c(O)c1.Cc1ccc(C2(C(=O)[O-])NN=C(c3ccccc3)O2)c(O)c1.[Zn+2]. The zero-order valence-corrected chi connectivity index (χ0v) is 27.2. The van der Waals surface area contributed by atoms with Crippen LogP contribution in [0.15, 0.2) is 107 Å². The van der Waals surface area contributed by atoms with Gasteiger partial charge in [-0.05, 0) is 73.5 Å². The van der Waals surface area contributed by atoms with E-state index in [0.29, 0.717) is 11.1 Å². The Balaban J connectivity index is 0.000000200. The minimum atomic E-state index is -2.05. The Morgan fingerprint density at radius 2 is 1.00 bits per heavy atom. The number of ether oxygens (including phenoxy) is 2. The summed E-state index contributed by atoms with van der Waals surface area (Å²) in [4.78, 5) is 23.3. The maximum absolute atomic E-state index is 11.7. The summed E-state index contributed by atoms with van der Waals surface area (Å²) in [6, 6.07) is 26.9. The summed E-state index contributed by atoms with van der Waals surface area (Å²) < 4.78 is 11.0. The predicted octanol–water partition coefficient (Wildman–Crippen LogP) is 1.17. The summed E-state index contributed by atoms with van der Waals surface area (Å²) in [7, 11) is 0. The van der Waals surface area contributed by atoms with Gasteiger partial charge < -0.3 is 39.5 Å². The van der Waals surface area contributed by atoms with Gasteiger partial charge in [-0.2, -0.15) is 0 Å². The van der Waals surface area contributed by atoms with Crippen LogP contribution in [0.5, 0.6) is 11.5 Å². The Morgan fingerprint density at radius 1 is 0.644 bits per heavy atom. The van der Waals surface area contributed by atoms with Crippen molar-refractivity contribution in [2.75, 3.05) is 0 Å². The number of aryl methyl sites for hydroxylation is 2. The van der Waals surface area contributed by atoms with Crippen LogP contribution in [-0.2, 0) is 50.0 Å². The Labute approximate surface area is 270 Å². The van der Waals surface area contributed by atoms with E-state index in [2.05, 4.69) is 21.1 Å². The van der Waals surface area contributed by atoms with Gasteiger partial charge in [0.1, 0.15) is 23.4 Å². The number of hydrogen-bond acceptors (Lipinski definition) is 12. The van der Waals surface area contributed by atoms with Gasteiger partial charge in [-0.3, -0.25) is 10.9 Å². The molecule has 2 aliphatic rings. The number of hydrogen-bond donors (Lipinski definition) is 4. The van der Waals surface area contributed by atoms with E-state index in [1.54, 1.807) is 74.5 Å². The van der Waals surface area contributed by atoms with E-state index in [1.807, 2.05) is 12.1 Å². The second-order valence-corrected chi connectivity index (χ2v) is 9.97. The van der Waals surface area contributed by atoms with Crippen molar-refractivity contribution in [2.45, 2.75) is 25.3 Å². The van der Waals surface area contributed by atoms with Gasteiger partial charge in [-0.15, -0.1) is 10.2 Å². The normalized spacial score (nSPS) is 19.5. The Hall–Kier alpha value is -5.42. The molecule has 0 radical (unpaired) electrons. The smallest absolute Gasteiger partial charge is 0.544 e. The zero-order valence-electron chi connectivity index (χ0n) is 24.2.